The Bertz CT molecular complexity index is 1380. The lowest BCUT2D eigenvalue weighted by atomic mass is 9.93. The molecule has 1 aromatic heterocycles. The number of ether oxygens (including phenoxy) is 1. The number of nitrogens with one attached hydrogen (secondary N) is 1. The van der Waals surface area contributed by atoms with Gasteiger partial charge in [-0.2, -0.15) is 0 Å². The summed E-state index contributed by atoms with van der Waals surface area (Å²) in [7, 11) is 3.50. The molecular formula is C33H37BrN2O2. The highest BCUT2D eigenvalue weighted by molar-refractivity contribution is 9.10. The first-order valence-electron chi connectivity index (χ1n) is 12.9. The van der Waals surface area contributed by atoms with Gasteiger partial charge in [0.15, 0.2) is 0 Å². The summed E-state index contributed by atoms with van der Waals surface area (Å²) >= 11 is 3.48. The number of nitrogens with zero attached hydrogens (tertiary/aromatic N) is 1. The van der Waals surface area contributed by atoms with Crippen LogP contribution in [0, 0.1) is 6.92 Å². The molecule has 0 aliphatic rings. The third-order valence-electron chi connectivity index (χ3n) is 6.40. The van der Waals surface area contributed by atoms with E-state index in [-0.39, 0.29) is 5.92 Å². The second kappa shape index (κ2) is 15.2. The summed E-state index contributed by atoms with van der Waals surface area (Å²) in [6.07, 6.45) is 0.259. The Labute approximate surface area is 234 Å². The van der Waals surface area contributed by atoms with Crippen LogP contribution < -0.4 is 10.1 Å². The highest BCUT2D eigenvalue weighted by atomic mass is 79.9. The number of benzene rings is 4. The Balaban J connectivity index is 0.000000193. The second-order valence-electron chi connectivity index (χ2n) is 9.12. The van der Waals surface area contributed by atoms with Gasteiger partial charge < -0.3 is 15.2 Å². The number of methoxy groups -OCH3 is 1. The SMILES string of the molecule is CNCC[C@@H](O)C(C)c1cc2cc(Br)ccc2nc1OC.Cc1cccc2ccccc12.c1ccccc1. The van der Waals surface area contributed by atoms with Crippen molar-refractivity contribution in [1.82, 2.24) is 10.3 Å². The van der Waals surface area contributed by atoms with Crippen molar-refractivity contribution in [3.05, 3.63) is 119 Å². The zero-order valence-corrected chi connectivity index (χ0v) is 24.2. The van der Waals surface area contributed by atoms with Crippen molar-refractivity contribution >= 4 is 37.6 Å². The van der Waals surface area contributed by atoms with Gasteiger partial charge in [-0.3, -0.25) is 0 Å². The maximum atomic E-state index is 10.3. The second-order valence-corrected chi connectivity index (χ2v) is 10.0. The van der Waals surface area contributed by atoms with Crippen LogP contribution >= 0.6 is 15.9 Å². The zero-order chi connectivity index (χ0) is 27.3. The lowest BCUT2D eigenvalue weighted by Crippen LogP contribution is -2.22. The largest absolute Gasteiger partial charge is 0.481 e. The molecule has 0 aliphatic heterocycles. The number of pyridine rings is 1. The number of hydrogen-bond acceptors (Lipinski definition) is 4. The Hall–Kier alpha value is -3.25. The van der Waals surface area contributed by atoms with Gasteiger partial charge in [0.05, 0.1) is 18.7 Å². The summed E-state index contributed by atoms with van der Waals surface area (Å²) in [4.78, 5) is 4.55. The van der Waals surface area contributed by atoms with Crippen LogP contribution in [0.3, 0.4) is 0 Å². The van der Waals surface area contributed by atoms with Crippen LogP contribution in [0.1, 0.15) is 30.4 Å². The van der Waals surface area contributed by atoms with E-state index in [0.717, 1.165) is 27.5 Å². The molecule has 5 aromatic rings. The summed E-state index contributed by atoms with van der Waals surface area (Å²) in [6.45, 7) is 4.92. The van der Waals surface area contributed by atoms with Crippen molar-refractivity contribution < 1.29 is 9.84 Å². The minimum atomic E-state index is -0.433. The first-order chi connectivity index (χ1) is 18.4. The van der Waals surface area contributed by atoms with E-state index in [9.17, 15) is 5.11 Å². The molecular weight excluding hydrogens is 536 g/mol. The molecule has 0 saturated carbocycles. The molecule has 0 radical (unpaired) electrons. The van der Waals surface area contributed by atoms with E-state index >= 15 is 0 Å². The smallest absolute Gasteiger partial charge is 0.217 e. The predicted octanol–water partition coefficient (Wildman–Crippen LogP) is 7.91. The predicted molar refractivity (Wildman–Crippen MR) is 164 cm³/mol. The summed E-state index contributed by atoms with van der Waals surface area (Å²) < 4.78 is 6.42. The molecule has 4 aromatic carbocycles. The van der Waals surface area contributed by atoms with Crippen LogP contribution in [-0.2, 0) is 0 Å². The van der Waals surface area contributed by atoms with Gasteiger partial charge in [-0.05, 0) is 67.5 Å². The van der Waals surface area contributed by atoms with Crippen molar-refractivity contribution in [3.63, 3.8) is 0 Å². The number of aromatic nitrogens is 1. The van der Waals surface area contributed by atoms with Crippen molar-refractivity contribution in [2.75, 3.05) is 20.7 Å². The van der Waals surface area contributed by atoms with Crippen molar-refractivity contribution in [1.29, 1.82) is 0 Å². The molecule has 5 heteroatoms. The molecule has 0 aliphatic carbocycles. The molecule has 0 bridgehead atoms. The molecule has 198 valence electrons. The van der Waals surface area contributed by atoms with Crippen LogP contribution in [0.15, 0.2) is 108 Å². The molecule has 1 unspecified atom stereocenters. The molecule has 0 spiro atoms. The fourth-order valence-electron chi connectivity index (χ4n) is 4.16. The number of fused-ring (bicyclic) bond motifs is 2. The molecule has 0 fully saturated rings. The van der Waals surface area contributed by atoms with Crippen molar-refractivity contribution in [2.24, 2.45) is 0 Å². The van der Waals surface area contributed by atoms with Crippen LogP contribution in [-0.4, -0.2) is 36.9 Å². The third-order valence-corrected chi connectivity index (χ3v) is 6.89. The van der Waals surface area contributed by atoms with Gasteiger partial charge in [0.1, 0.15) is 0 Å². The van der Waals surface area contributed by atoms with Crippen molar-refractivity contribution in [3.8, 4) is 5.88 Å². The average Bonchev–Trinajstić information content (AvgIpc) is 2.96. The fourth-order valence-corrected chi connectivity index (χ4v) is 4.54. The first kappa shape index (κ1) is 29.3. The highest BCUT2D eigenvalue weighted by Gasteiger charge is 2.21. The quantitative estimate of drug-likeness (QED) is 0.217. The molecule has 38 heavy (non-hydrogen) atoms. The number of rotatable bonds is 6. The van der Waals surface area contributed by atoms with Gasteiger partial charge in [-0.1, -0.05) is 102 Å². The minimum absolute atomic E-state index is 0.0378. The van der Waals surface area contributed by atoms with Crippen LogP contribution in [0.4, 0.5) is 0 Å². The van der Waals surface area contributed by atoms with E-state index in [0.29, 0.717) is 12.3 Å². The summed E-state index contributed by atoms with van der Waals surface area (Å²) in [6, 6.07) is 34.8. The maximum absolute atomic E-state index is 10.3. The molecule has 4 nitrogen and oxygen atoms in total. The number of hydrogen-bond donors (Lipinski definition) is 2. The molecule has 5 rings (SSSR count). The summed E-state index contributed by atoms with van der Waals surface area (Å²) in [5.41, 5.74) is 3.17. The molecule has 2 atom stereocenters. The first-order valence-corrected chi connectivity index (χ1v) is 13.6. The normalized spacial score (nSPS) is 12.1. The minimum Gasteiger partial charge on any atom is -0.481 e. The maximum Gasteiger partial charge on any atom is 0.217 e. The fraction of sp³-hybridized carbons (Fsp3) is 0.242. The summed E-state index contributed by atoms with van der Waals surface area (Å²) in [5.74, 6) is 0.546. The lowest BCUT2D eigenvalue weighted by molar-refractivity contribution is 0.138. The van der Waals surface area contributed by atoms with Gasteiger partial charge in [0.2, 0.25) is 5.88 Å². The Kier molecular flexibility index (Phi) is 11.7. The Morgan fingerprint density at radius 1 is 0.868 bits per heavy atom. The Morgan fingerprint density at radius 2 is 1.53 bits per heavy atom. The van der Waals surface area contributed by atoms with Crippen LogP contribution in [0.5, 0.6) is 5.88 Å². The van der Waals surface area contributed by atoms with Crippen molar-refractivity contribution in [2.45, 2.75) is 32.3 Å². The van der Waals surface area contributed by atoms with Gasteiger partial charge in [0.25, 0.3) is 0 Å². The topological polar surface area (TPSA) is 54.4 Å². The number of aryl methyl sites for hydroxylation is 1. The number of halogens is 1. The average molecular weight is 574 g/mol. The Morgan fingerprint density at radius 3 is 2.16 bits per heavy atom. The monoisotopic (exact) mass is 572 g/mol. The molecule has 0 amide bonds. The zero-order valence-electron chi connectivity index (χ0n) is 22.6. The molecule has 1 heterocycles. The van der Waals surface area contributed by atoms with Gasteiger partial charge in [-0.25, -0.2) is 4.98 Å². The molecule has 2 N–H and O–H groups in total. The highest BCUT2D eigenvalue weighted by Crippen LogP contribution is 2.32. The van der Waals surface area contributed by atoms with E-state index in [1.807, 2.05) is 68.6 Å². The van der Waals surface area contributed by atoms with E-state index in [1.165, 1.54) is 16.3 Å². The van der Waals surface area contributed by atoms with E-state index in [1.54, 1.807) is 7.11 Å². The van der Waals surface area contributed by atoms with Crippen LogP contribution in [0.2, 0.25) is 0 Å². The van der Waals surface area contributed by atoms with E-state index in [2.05, 4.69) is 81.7 Å². The number of aliphatic hydroxyl groups excluding tert-OH is 1. The summed E-state index contributed by atoms with van der Waals surface area (Å²) in [5, 5.41) is 17.1. The van der Waals surface area contributed by atoms with Gasteiger partial charge in [0, 0.05) is 21.3 Å². The lowest BCUT2D eigenvalue weighted by Gasteiger charge is -2.21. The number of aliphatic hydroxyl groups is 1. The molecule has 0 saturated heterocycles. The van der Waals surface area contributed by atoms with Gasteiger partial charge >= 0.3 is 0 Å². The van der Waals surface area contributed by atoms with Gasteiger partial charge in [-0.15, -0.1) is 0 Å². The van der Waals surface area contributed by atoms with E-state index < -0.39 is 6.10 Å². The van der Waals surface area contributed by atoms with E-state index in [4.69, 9.17) is 4.74 Å². The third kappa shape index (κ3) is 8.38. The standard InChI is InChI=1S/C16H21BrN2O2.C11H10.C6H6/c1-10(15(20)6-7-18-2)13-9-11-8-12(17)4-5-14(11)19-16(13)21-3;1-9-5-4-7-10-6-2-3-8-11(9)10;1-2-4-6-5-3-1/h4-5,8-10,15,18,20H,6-7H2,1-3H3;2-8H,1H3;1-6H/t10?,15-;;/m1../s1. The van der Waals surface area contributed by atoms with Crippen LogP contribution in [0.25, 0.3) is 21.7 Å².